The molecule has 2 heterocycles. The van der Waals surface area contributed by atoms with Crippen molar-refractivity contribution in [3.8, 4) is 11.5 Å². The number of piperidine rings is 1. The Bertz CT molecular complexity index is 1260. The number of aromatic nitrogens is 2. The number of carbonyl (C=O) groups excluding carboxylic acids is 1. The van der Waals surface area contributed by atoms with Crippen LogP contribution in [-0.2, 0) is 16.8 Å². The molecular formula is C27H32F3N5O3. The predicted octanol–water partition coefficient (Wildman–Crippen LogP) is 4.22. The fraction of sp³-hybridized carbons (Fsp3) is 0.444. The van der Waals surface area contributed by atoms with Gasteiger partial charge in [-0.25, -0.2) is 9.97 Å². The fourth-order valence-corrected chi connectivity index (χ4v) is 4.97. The smallest absolute Gasteiger partial charge is 0.389 e. The third kappa shape index (κ3) is 6.27. The Labute approximate surface area is 219 Å². The summed E-state index contributed by atoms with van der Waals surface area (Å²) in [7, 11) is 3.10. The van der Waals surface area contributed by atoms with Crippen LogP contribution in [0.4, 0.5) is 19.0 Å². The molecule has 1 amide bonds. The summed E-state index contributed by atoms with van der Waals surface area (Å²) in [5.41, 5.74) is 7.68. The van der Waals surface area contributed by atoms with Crippen LogP contribution in [0.3, 0.4) is 0 Å². The molecule has 38 heavy (non-hydrogen) atoms. The number of nitrogens with zero attached hydrogens (tertiary/aromatic N) is 3. The number of amides is 1. The fourth-order valence-electron chi connectivity index (χ4n) is 4.97. The van der Waals surface area contributed by atoms with E-state index in [9.17, 15) is 18.0 Å². The van der Waals surface area contributed by atoms with E-state index in [4.69, 9.17) is 15.2 Å². The lowest BCUT2D eigenvalue weighted by atomic mass is 9.72. The number of likely N-dealkylation sites (tertiary alicyclic amines) is 1. The molecule has 0 aliphatic carbocycles. The van der Waals surface area contributed by atoms with Crippen LogP contribution >= 0.6 is 0 Å². The number of halogens is 3. The van der Waals surface area contributed by atoms with Crippen molar-refractivity contribution in [3.63, 3.8) is 0 Å². The molecule has 0 bridgehead atoms. The maximum absolute atomic E-state index is 12.6. The topological polar surface area (TPSA) is 103 Å². The number of nitrogen functional groups attached to an aromatic ring is 1. The second-order valence-electron chi connectivity index (χ2n) is 9.50. The normalized spacial score (nSPS) is 15.4. The molecule has 2 aromatic carbocycles. The molecule has 11 heteroatoms. The minimum atomic E-state index is -4.34. The minimum Gasteiger partial charge on any atom is -0.493 e. The van der Waals surface area contributed by atoms with Crippen LogP contribution in [0.25, 0.3) is 10.9 Å². The summed E-state index contributed by atoms with van der Waals surface area (Å²) < 4.78 is 48.5. The van der Waals surface area contributed by atoms with Gasteiger partial charge in [0.15, 0.2) is 11.5 Å². The van der Waals surface area contributed by atoms with E-state index in [0.29, 0.717) is 73.1 Å². The zero-order valence-corrected chi connectivity index (χ0v) is 21.5. The van der Waals surface area contributed by atoms with Crippen LogP contribution in [-0.4, -0.2) is 60.8 Å². The molecule has 0 unspecified atom stereocenters. The van der Waals surface area contributed by atoms with Gasteiger partial charge in [0.25, 0.3) is 0 Å². The van der Waals surface area contributed by atoms with Crippen LogP contribution in [0.15, 0.2) is 42.5 Å². The molecule has 1 saturated heterocycles. The van der Waals surface area contributed by atoms with Crippen LogP contribution in [0.2, 0.25) is 0 Å². The molecule has 204 valence electrons. The van der Waals surface area contributed by atoms with Crippen molar-refractivity contribution < 1.29 is 27.4 Å². The van der Waals surface area contributed by atoms with Gasteiger partial charge in [0.2, 0.25) is 5.91 Å². The van der Waals surface area contributed by atoms with Gasteiger partial charge in [0.05, 0.1) is 32.7 Å². The average Bonchev–Trinajstić information content (AvgIpc) is 2.91. The molecule has 0 atom stereocenters. The Morgan fingerprint density at radius 1 is 1.08 bits per heavy atom. The van der Waals surface area contributed by atoms with Gasteiger partial charge in [-0.05, 0) is 24.5 Å². The summed E-state index contributed by atoms with van der Waals surface area (Å²) in [6.45, 7) is 1.73. The summed E-state index contributed by atoms with van der Waals surface area (Å²) in [4.78, 5) is 23.0. The second-order valence-corrected chi connectivity index (χ2v) is 9.50. The van der Waals surface area contributed by atoms with E-state index >= 15 is 0 Å². The van der Waals surface area contributed by atoms with Crippen molar-refractivity contribution in [2.24, 2.45) is 0 Å². The highest BCUT2D eigenvalue weighted by Gasteiger charge is 2.38. The van der Waals surface area contributed by atoms with Gasteiger partial charge in [0.1, 0.15) is 11.6 Å². The monoisotopic (exact) mass is 531 g/mol. The van der Waals surface area contributed by atoms with E-state index in [1.54, 1.807) is 31.3 Å². The molecule has 3 aromatic rings. The molecule has 1 aromatic heterocycles. The van der Waals surface area contributed by atoms with Crippen LogP contribution in [0.5, 0.6) is 11.5 Å². The molecule has 0 saturated carbocycles. The SMILES string of the molecule is COc1cc2nc(CNCC3(c4ccccc4)CCN(C(=O)CCC(F)(F)F)CC3)nc(N)c2cc1OC. The number of alkyl halides is 3. The third-order valence-corrected chi connectivity index (χ3v) is 7.11. The van der Waals surface area contributed by atoms with Crippen molar-refractivity contribution in [2.75, 3.05) is 39.6 Å². The summed E-state index contributed by atoms with van der Waals surface area (Å²) in [6, 6.07) is 13.5. The summed E-state index contributed by atoms with van der Waals surface area (Å²) in [5.74, 6) is 1.47. The first-order valence-electron chi connectivity index (χ1n) is 12.4. The molecule has 3 N–H and O–H groups in total. The van der Waals surface area contributed by atoms with Crippen molar-refractivity contribution >= 4 is 22.6 Å². The van der Waals surface area contributed by atoms with E-state index in [-0.39, 0.29) is 5.41 Å². The largest absolute Gasteiger partial charge is 0.493 e. The van der Waals surface area contributed by atoms with Crippen molar-refractivity contribution in [2.45, 2.75) is 43.8 Å². The number of fused-ring (bicyclic) bond motifs is 1. The lowest BCUT2D eigenvalue weighted by Gasteiger charge is -2.42. The number of ether oxygens (including phenoxy) is 2. The molecule has 8 nitrogen and oxygen atoms in total. The summed E-state index contributed by atoms with van der Waals surface area (Å²) in [5, 5.41) is 4.12. The number of hydrogen-bond donors (Lipinski definition) is 2. The highest BCUT2D eigenvalue weighted by atomic mass is 19.4. The Morgan fingerprint density at radius 3 is 2.37 bits per heavy atom. The standard InChI is InChI=1S/C27H32F3N5O3/c1-37-21-14-19-20(15-22(21)38-2)33-23(34-25(19)31)16-32-17-26(18-6-4-3-5-7-18)10-12-35(13-11-26)24(36)8-9-27(28,29)30/h3-7,14-15,32H,8-13,16-17H2,1-2H3,(H2,31,33,34). The average molecular weight is 532 g/mol. The van der Waals surface area contributed by atoms with Gasteiger partial charge >= 0.3 is 6.18 Å². The number of methoxy groups -OCH3 is 2. The Kier molecular flexibility index (Phi) is 8.25. The Morgan fingerprint density at radius 2 is 1.74 bits per heavy atom. The summed E-state index contributed by atoms with van der Waals surface area (Å²) in [6.07, 6.45) is -4.70. The molecule has 0 spiro atoms. The zero-order valence-electron chi connectivity index (χ0n) is 21.5. The zero-order chi connectivity index (χ0) is 27.3. The van der Waals surface area contributed by atoms with Crippen molar-refractivity contribution in [3.05, 3.63) is 53.9 Å². The van der Waals surface area contributed by atoms with Gasteiger partial charge in [-0.2, -0.15) is 13.2 Å². The third-order valence-electron chi connectivity index (χ3n) is 7.11. The quantitative estimate of drug-likeness (QED) is 0.426. The van der Waals surface area contributed by atoms with Gasteiger partial charge in [-0.3, -0.25) is 4.79 Å². The highest BCUT2D eigenvalue weighted by molar-refractivity contribution is 5.90. The Hall–Kier alpha value is -3.60. The summed E-state index contributed by atoms with van der Waals surface area (Å²) >= 11 is 0. The maximum Gasteiger partial charge on any atom is 0.389 e. The molecule has 1 aliphatic rings. The molecular weight excluding hydrogens is 499 g/mol. The van der Waals surface area contributed by atoms with Crippen molar-refractivity contribution in [1.29, 1.82) is 0 Å². The van der Waals surface area contributed by atoms with E-state index in [2.05, 4.69) is 15.3 Å². The molecule has 1 aliphatic heterocycles. The van der Waals surface area contributed by atoms with E-state index in [1.807, 2.05) is 30.3 Å². The lowest BCUT2D eigenvalue weighted by Crippen LogP contribution is -2.49. The van der Waals surface area contributed by atoms with E-state index in [0.717, 1.165) is 5.56 Å². The number of nitrogens with one attached hydrogen (secondary N) is 1. The van der Waals surface area contributed by atoms with Gasteiger partial charge in [-0.1, -0.05) is 30.3 Å². The van der Waals surface area contributed by atoms with Crippen LogP contribution in [0, 0.1) is 0 Å². The second kappa shape index (κ2) is 11.4. The minimum absolute atomic E-state index is 0.291. The first kappa shape index (κ1) is 27.4. The predicted molar refractivity (Wildman–Crippen MR) is 138 cm³/mol. The number of hydrogen-bond acceptors (Lipinski definition) is 7. The van der Waals surface area contributed by atoms with Crippen LogP contribution < -0.4 is 20.5 Å². The lowest BCUT2D eigenvalue weighted by molar-refractivity contribution is -0.150. The van der Waals surface area contributed by atoms with E-state index < -0.39 is 24.9 Å². The first-order valence-corrected chi connectivity index (χ1v) is 12.4. The molecule has 1 fully saturated rings. The number of anilines is 1. The number of benzene rings is 2. The van der Waals surface area contributed by atoms with Gasteiger partial charge in [-0.15, -0.1) is 0 Å². The molecule has 0 radical (unpaired) electrons. The Balaban J connectivity index is 1.46. The molecule has 4 rings (SSSR count). The van der Waals surface area contributed by atoms with E-state index in [1.165, 1.54) is 0 Å². The van der Waals surface area contributed by atoms with Crippen LogP contribution in [0.1, 0.15) is 37.1 Å². The van der Waals surface area contributed by atoms with Gasteiger partial charge in [0, 0.05) is 42.9 Å². The first-order chi connectivity index (χ1) is 18.1. The van der Waals surface area contributed by atoms with Gasteiger partial charge < -0.3 is 25.4 Å². The van der Waals surface area contributed by atoms with Crippen molar-refractivity contribution in [1.82, 2.24) is 20.2 Å². The number of rotatable bonds is 9. The number of nitrogens with two attached hydrogens (primary N) is 1. The maximum atomic E-state index is 12.6. The highest BCUT2D eigenvalue weighted by Crippen LogP contribution is 2.36. The number of carbonyl (C=O) groups is 1.